The van der Waals surface area contributed by atoms with Gasteiger partial charge in [-0.1, -0.05) is 59.5 Å². The van der Waals surface area contributed by atoms with Crippen LogP contribution in [0.1, 0.15) is 0 Å². The van der Waals surface area contributed by atoms with Gasteiger partial charge in [-0.15, -0.1) is 30.6 Å². The van der Waals surface area contributed by atoms with Gasteiger partial charge in [-0.05, 0) is 36.3 Å². The van der Waals surface area contributed by atoms with Crippen molar-refractivity contribution in [2.45, 2.75) is 0 Å². The second-order valence-electron chi connectivity index (χ2n) is 8.59. The van der Waals surface area contributed by atoms with E-state index in [2.05, 4.69) is 52.9 Å². The fraction of sp³-hybridized carbons (Fsp3) is 0. The molecule has 0 spiro atoms. The molecule has 0 bridgehead atoms. The largest absolute Gasteiger partial charge is 0.501 e. The van der Waals surface area contributed by atoms with Crippen LogP contribution in [0, 0.1) is 18.8 Å². The van der Waals surface area contributed by atoms with E-state index < -0.39 is 0 Å². The van der Waals surface area contributed by atoms with Crippen LogP contribution in [-0.4, -0.2) is 4.98 Å². The van der Waals surface area contributed by atoms with Crippen molar-refractivity contribution in [1.82, 2.24) is 4.98 Å². The number of rotatable bonds is 4. The molecule has 0 fully saturated rings. The van der Waals surface area contributed by atoms with Crippen LogP contribution in [0.5, 0.6) is 0 Å². The first kappa shape index (κ1) is 23.3. The van der Waals surface area contributed by atoms with E-state index in [0.29, 0.717) is 0 Å². The summed E-state index contributed by atoms with van der Waals surface area (Å²) in [5.74, 6) is 0. The van der Waals surface area contributed by atoms with Crippen LogP contribution in [0.3, 0.4) is 0 Å². The van der Waals surface area contributed by atoms with E-state index in [0.717, 1.165) is 55.8 Å². The Balaban J connectivity index is 0.00000252. The minimum atomic E-state index is 0. The Bertz CT molecular complexity index is 1740. The predicted molar refractivity (Wildman–Crippen MR) is 145 cm³/mol. The Labute approximate surface area is 229 Å². The molecule has 0 radical (unpaired) electrons. The standard InChI is InChI=1S/C32H20N3O.Pt/c1-2-10-23(11-3-1)34-20-21-35(22-34)30-18-6-4-13-26(30)28-16-9-17-29(33-28)27-15-8-14-25-24-12-5-7-19-31(24)36-32(25)27;/h1-10,12-14,16-22H;/q-3;. The number of benzene rings is 4. The molecule has 5 heteroatoms. The quantitative estimate of drug-likeness (QED) is 0.181. The number of nitrogens with zero attached hydrogens (tertiary/aromatic N) is 3. The fourth-order valence-electron chi connectivity index (χ4n) is 4.70. The van der Waals surface area contributed by atoms with Crippen LogP contribution < -0.4 is 9.80 Å². The van der Waals surface area contributed by atoms with E-state index in [1.54, 1.807) is 0 Å². The molecule has 1 aliphatic heterocycles. The first-order valence-electron chi connectivity index (χ1n) is 11.8. The van der Waals surface area contributed by atoms with Gasteiger partial charge in [-0.25, -0.2) is 0 Å². The molecule has 6 aromatic rings. The third-order valence-electron chi connectivity index (χ3n) is 6.41. The fourth-order valence-corrected chi connectivity index (χ4v) is 4.70. The van der Waals surface area contributed by atoms with Crippen LogP contribution in [0.2, 0.25) is 0 Å². The van der Waals surface area contributed by atoms with Gasteiger partial charge in [0.25, 0.3) is 0 Å². The van der Waals surface area contributed by atoms with E-state index in [9.17, 15) is 0 Å². The van der Waals surface area contributed by atoms with Crippen molar-refractivity contribution in [3.05, 3.63) is 134 Å². The third kappa shape index (κ3) is 4.14. The first-order valence-corrected chi connectivity index (χ1v) is 11.8. The zero-order valence-corrected chi connectivity index (χ0v) is 21.9. The number of fused-ring (bicyclic) bond motifs is 3. The van der Waals surface area contributed by atoms with Gasteiger partial charge >= 0.3 is 0 Å². The van der Waals surface area contributed by atoms with Crippen molar-refractivity contribution < 1.29 is 25.5 Å². The third-order valence-corrected chi connectivity index (χ3v) is 6.41. The van der Waals surface area contributed by atoms with E-state index >= 15 is 0 Å². The molecular formula is C32H20N3OPt-3. The molecule has 0 saturated carbocycles. The molecule has 0 N–H and O–H groups in total. The zero-order chi connectivity index (χ0) is 23.9. The Morgan fingerprint density at radius 1 is 0.676 bits per heavy atom. The number of anilines is 2. The van der Waals surface area contributed by atoms with Gasteiger partial charge in [0.2, 0.25) is 0 Å². The number of aromatic nitrogens is 1. The second kappa shape index (κ2) is 9.72. The van der Waals surface area contributed by atoms with Crippen LogP contribution in [-0.2, 0) is 21.1 Å². The van der Waals surface area contributed by atoms with Gasteiger partial charge in [0.05, 0.1) is 11.3 Å². The average molecular weight is 658 g/mol. The van der Waals surface area contributed by atoms with Crippen LogP contribution in [0.25, 0.3) is 44.5 Å². The molecule has 37 heavy (non-hydrogen) atoms. The molecule has 4 aromatic carbocycles. The normalized spacial score (nSPS) is 12.9. The Hall–Kier alpha value is -4.14. The predicted octanol–water partition coefficient (Wildman–Crippen LogP) is 7.83. The topological polar surface area (TPSA) is 32.5 Å². The maximum absolute atomic E-state index is 6.24. The number of para-hydroxylation sites is 3. The molecule has 3 heterocycles. The molecule has 1 aliphatic rings. The maximum Gasteiger partial charge on any atom is 0.120 e. The van der Waals surface area contributed by atoms with Crippen molar-refractivity contribution >= 4 is 33.3 Å². The van der Waals surface area contributed by atoms with E-state index in [1.165, 1.54) is 0 Å². The molecule has 7 rings (SSSR count). The van der Waals surface area contributed by atoms with Gasteiger partial charge in [-0.3, -0.25) is 4.98 Å². The van der Waals surface area contributed by atoms with Gasteiger partial charge in [0, 0.05) is 37.7 Å². The molecular weight excluding hydrogens is 637 g/mol. The SMILES string of the molecule is [Pt].[c-]1ccccc1N1C=CN(c2ccccc2-c2cccc(-c3[c-]ccc4c3oc3ccccc34)n2)[CH-]1. The van der Waals surface area contributed by atoms with E-state index in [-0.39, 0.29) is 21.1 Å². The number of hydrogen-bond acceptors (Lipinski definition) is 4. The molecule has 0 atom stereocenters. The maximum atomic E-state index is 6.24. The summed E-state index contributed by atoms with van der Waals surface area (Å²) in [7, 11) is 0. The number of hydrogen-bond donors (Lipinski definition) is 0. The number of furan rings is 1. The number of pyridine rings is 1. The monoisotopic (exact) mass is 657 g/mol. The van der Waals surface area contributed by atoms with Gasteiger partial charge in [-0.2, -0.15) is 30.3 Å². The van der Waals surface area contributed by atoms with Crippen LogP contribution in [0.15, 0.2) is 120 Å². The summed E-state index contributed by atoms with van der Waals surface area (Å²) in [6, 6.07) is 41.1. The Morgan fingerprint density at radius 3 is 2.41 bits per heavy atom. The second-order valence-corrected chi connectivity index (χ2v) is 8.59. The molecule has 2 aromatic heterocycles. The van der Waals surface area contributed by atoms with Gasteiger partial charge < -0.3 is 14.2 Å². The minimum absolute atomic E-state index is 0. The molecule has 0 aliphatic carbocycles. The van der Waals surface area contributed by atoms with E-state index in [1.807, 2.05) is 91.3 Å². The van der Waals surface area contributed by atoms with Crippen molar-refractivity contribution in [1.29, 1.82) is 0 Å². The Kier molecular flexibility index (Phi) is 6.11. The van der Waals surface area contributed by atoms with E-state index in [4.69, 9.17) is 9.40 Å². The average Bonchev–Trinajstić information content (AvgIpc) is 3.59. The molecule has 0 unspecified atom stereocenters. The van der Waals surface area contributed by atoms with Crippen LogP contribution in [0.4, 0.5) is 11.4 Å². The summed E-state index contributed by atoms with van der Waals surface area (Å²) in [4.78, 5) is 9.23. The summed E-state index contributed by atoms with van der Waals surface area (Å²) >= 11 is 0. The van der Waals surface area contributed by atoms with Gasteiger partial charge in [0.1, 0.15) is 5.58 Å². The first-order chi connectivity index (χ1) is 17.8. The van der Waals surface area contributed by atoms with Crippen molar-refractivity contribution in [2.24, 2.45) is 0 Å². The smallest absolute Gasteiger partial charge is 0.120 e. The summed E-state index contributed by atoms with van der Waals surface area (Å²) in [6.07, 6.45) is 4.08. The molecule has 0 amide bonds. The van der Waals surface area contributed by atoms with Crippen LogP contribution >= 0.6 is 0 Å². The summed E-state index contributed by atoms with van der Waals surface area (Å²) in [6.45, 7) is 2.05. The minimum Gasteiger partial charge on any atom is -0.501 e. The summed E-state index contributed by atoms with van der Waals surface area (Å²) < 4.78 is 6.24. The molecule has 182 valence electrons. The molecule has 4 nitrogen and oxygen atoms in total. The van der Waals surface area contributed by atoms with Crippen molar-refractivity contribution in [3.8, 4) is 22.5 Å². The summed E-state index contributed by atoms with van der Waals surface area (Å²) in [5.41, 5.74) is 7.32. The zero-order valence-electron chi connectivity index (χ0n) is 19.6. The molecule has 0 saturated heterocycles. The van der Waals surface area contributed by atoms with Gasteiger partial charge in [0.15, 0.2) is 0 Å². The van der Waals surface area contributed by atoms with Crippen molar-refractivity contribution in [3.63, 3.8) is 0 Å². The van der Waals surface area contributed by atoms with Crippen molar-refractivity contribution in [2.75, 3.05) is 9.80 Å². The summed E-state index contributed by atoms with van der Waals surface area (Å²) in [5, 5.41) is 2.17. The Morgan fingerprint density at radius 2 is 1.49 bits per heavy atom.